The van der Waals surface area contributed by atoms with E-state index in [2.05, 4.69) is 27.9 Å². The number of rotatable bonds is 24. The van der Waals surface area contributed by atoms with E-state index in [-0.39, 0.29) is 29.6 Å². The Kier molecular flexibility index (Phi) is 22.6. The van der Waals surface area contributed by atoms with E-state index >= 15 is 0 Å². The summed E-state index contributed by atoms with van der Waals surface area (Å²) in [6.45, 7) is 0. The van der Waals surface area contributed by atoms with Gasteiger partial charge in [-0.1, -0.05) is 0 Å². The van der Waals surface area contributed by atoms with Gasteiger partial charge in [-0.15, -0.1) is 0 Å². The van der Waals surface area contributed by atoms with Crippen LogP contribution in [0.25, 0.3) is 0 Å². The summed E-state index contributed by atoms with van der Waals surface area (Å²) in [7, 11) is -7.91. The zero-order valence-electron chi connectivity index (χ0n) is 22.8. The molecule has 0 aliphatic carbocycles. The van der Waals surface area contributed by atoms with Gasteiger partial charge in [-0.3, -0.25) is 0 Å². The fourth-order valence-electron chi connectivity index (χ4n) is 1.41. The van der Waals surface area contributed by atoms with E-state index < -0.39 is 209 Å². The molecule has 0 aromatic heterocycles. The largest absolute Gasteiger partial charge is 1.00 e. The van der Waals surface area contributed by atoms with Crippen LogP contribution in [-0.4, -0.2) is 11.3 Å². The maximum absolute atomic E-state index is 12.8. The van der Waals surface area contributed by atoms with Gasteiger partial charge in [0.05, 0.1) is 0 Å². The number of hydrogen-bond acceptors (Lipinski definition) is 37. The zero-order valence-corrected chi connectivity index (χ0v) is 49.8. The molecule has 0 heterocycles. The summed E-state index contributed by atoms with van der Waals surface area (Å²) in [5.41, 5.74) is 0. The molecule has 320 valence electrons. The Hall–Kier alpha value is 4.09. The first-order chi connectivity index (χ1) is 22.5. The molecule has 0 rings (SSSR count). The molecule has 0 spiro atoms. The first-order valence-electron chi connectivity index (χ1n) is 8.78. The van der Waals surface area contributed by atoms with Gasteiger partial charge in [-0.2, -0.15) is 0 Å². The van der Waals surface area contributed by atoms with Crippen LogP contribution in [0.1, 0.15) is 0 Å². The molecule has 0 amide bonds. The summed E-state index contributed by atoms with van der Waals surface area (Å²) in [6, 6.07) is 0. The summed E-state index contributed by atoms with van der Waals surface area (Å²) in [4.78, 5) is 0. The molecule has 0 aliphatic heterocycles. The van der Waals surface area contributed by atoms with E-state index in [9.17, 15) is 86.1 Å². The number of hydrogen-bond donors (Lipinski definition) is 3. The van der Waals surface area contributed by atoms with E-state index in [0.717, 1.165) is 0 Å². The Labute approximate surface area is 356 Å². The molecule has 0 atom stereocenters. The van der Waals surface area contributed by atoms with Crippen molar-refractivity contribution in [2.24, 2.45) is 0 Å². The van der Waals surface area contributed by atoms with Gasteiger partial charge in [-0.05, 0) is 0 Å². The van der Waals surface area contributed by atoms with Crippen LogP contribution in [-0.2, 0) is 315 Å². The molecule has 3 N–H and O–H groups in total. The van der Waals surface area contributed by atoms with Crippen LogP contribution in [0.3, 0.4) is 0 Å². The van der Waals surface area contributed by atoms with Gasteiger partial charge in [0.15, 0.2) is 0 Å². The maximum atomic E-state index is 12.8. The van der Waals surface area contributed by atoms with Crippen molar-refractivity contribution in [1.82, 2.24) is 0 Å². The fourth-order valence-corrected chi connectivity index (χ4v) is 60.4. The Morgan fingerprint density at radius 1 is 0.259 bits per heavy atom. The monoisotopic (exact) mass is 1870 g/mol. The van der Waals surface area contributed by atoms with E-state index in [0.29, 0.717) is 0 Å². The summed E-state index contributed by atoms with van der Waals surface area (Å²) < 4.78 is 347. The van der Waals surface area contributed by atoms with Crippen molar-refractivity contribution in [2.45, 2.75) is 0 Å². The van der Waals surface area contributed by atoms with Crippen molar-refractivity contribution in [1.29, 1.82) is 0 Å². The molecule has 0 aromatic carbocycles. The molecule has 0 fully saturated rings. The van der Waals surface area contributed by atoms with Crippen LogP contribution >= 0.6 is 7.82 Å². The summed E-state index contributed by atoms with van der Waals surface area (Å²) in [5, 5.41) is 0. The van der Waals surface area contributed by atoms with Crippen molar-refractivity contribution in [3.05, 3.63) is 0 Å². The van der Waals surface area contributed by atoms with Crippen molar-refractivity contribution in [2.75, 3.05) is 0 Å². The molecule has 0 aliphatic rings. The molecule has 0 bridgehead atoms. The quantitative estimate of drug-likeness (QED) is 0.0597. The minimum absolute atomic E-state index is 0. The second-order valence-electron chi connectivity index (χ2n) is 6.24. The van der Waals surface area contributed by atoms with E-state index in [1.165, 1.54) is 0 Å². The molecule has 54 heavy (non-hydrogen) atoms. The molecule has 0 saturated carbocycles. The molecule has 40 nitrogen and oxygen atoms in total. The van der Waals surface area contributed by atoms with E-state index in [4.69, 9.17) is 11.3 Å². The Bertz CT molecular complexity index is 2510. The van der Waals surface area contributed by atoms with Crippen LogP contribution in [0, 0.1) is 0 Å². The second kappa shape index (κ2) is 20.3. The van der Waals surface area contributed by atoms with Crippen molar-refractivity contribution < 1.29 is 356 Å². The van der Waals surface area contributed by atoms with Gasteiger partial charge in [0.2, 0.25) is 0 Å². The molecular formula is H3Mo12NaO40P+. The second-order valence-corrected chi connectivity index (χ2v) is 56.1. The summed E-state index contributed by atoms with van der Waals surface area (Å²) >= 11 is -97.4. The van der Waals surface area contributed by atoms with Crippen molar-refractivity contribution in [3.63, 3.8) is 0 Å². The summed E-state index contributed by atoms with van der Waals surface area (Å²) in [5.74, 6) is 0. The number of phosphoric acid groups is 1. The standard InChI is InChI=1S/12Mo.Na.H3O4P.3H2O.33O/c;;;;;;;;;;;;;1-5(2,3)4;;;;;;;;;;;;;;;;;;;;;;;;;;;;;;;;;;;;/h;;;;;;;;;;;;;(H3,1,2,3,4);3*1H2;;;;;;;;;;;;;;;;;;;;;;;;;;;;;;;;;/q;;;;;;7*+1;;;;;;;;;;;;;;;;;;;;;;;;;;;;;;;;;;;;;/p-6. The zero-order chi connectivity index (χ0) is 43.0. The van der Waals surface area contributed by atoms with Gasteiger partial charge in [0.1, 0.15) is 0 Å². The van der Waals surface area contributed by atoms with Crippen LogP contribution < -0.4 is 29.6 Å². The van der Waals surface area contributed by atoms with Crippen molar-refractivity contribution in [3.8, 4) is 0 Å². The smallest absolute Gasteiger partial charge is 1.00 e. The van der Waals surface area contributed by atoms with E-state index in [1.54, 1.807) is 0 Å². The SMILES string of the molecule is O=P([O][Mo](=[O])(=[O])[O][Mo](=[O])(=[O])[O][Mo](=[O])(=[O])[O][Mo](=[O])(=[O])[OH])([O][Mo](=[O])(=[O])[O][Mo](=[O])(=[O])[O][Mo](=[O])(=[O])[O][Mo](=[O])(=[O])[OH])[O][Mo](=[O])(=[O])[O][Mo](=[O])(=[O])[O][Mo](=[O])(=[O])[O][Mo](=[O])(=[O])[OH].[Na+]. The van der Waals surface area contributed by atoms with Gasteiger partial charge in [-0.25, -0.2) is 0 Å². The predicted octanol–water partition coefficient (Wildman–Crippen LogP) is -7.63. The van der Waals surface area contributed by atoms with Gasteiger partial charge in [0, 0.05) is 0 Å². The Balaban J connectivity index is 0. The molecule has 0 saturated heterocycles. The molecular weight excluding hydrogens is 1850 g/mol. The Morgan fingerprint density at radius 2 is 0.389 bits per heavy atom. The summed E-state index contributed by atoms with van der Waals surface area (Å²) in [6.07, 6.45) is 0. The average Bonchev–Trinajstić information content (AvgIpc) is 2.58. The first-order valence-corrected chi connectivity index (χ1v) is 49.8. The fraction of sp³-hybridized carbons (Fsp3) is 0. The predicted molar refractivity (Wildman–Crippen MR) is 43.8 cm³/mol. The third kappa shape index (κ3) is 29.4. The van der Waals surface area contributed by atoms with E-state index in [1.807, 2.05) is 0 Å². The third-order valence-corrected chi connectivity index (χ3v) is 62.5. The third-order valence-electron chi connectivity index (χ3n) is 2.06. The van der Waals surface area contributed by atoms with Crippen LogP contribution in [0.2, 0.25) is 0 Å². The maximum Gasteiger partial charge on any atom is 1.00 e. The molecule has 54 heteroatoms. The normalized spacial score (nSPS) is 15.3. The van der Waals surface area contributed by atoms with Gasteiger partial charge >= 0.3 is 364 Å². The minimum atomic E-state index is -8.79. The average molecular weight is 1850 g/mol. The van der Waals surface area contributed by atoms with Crippen LogP contribution in [0.5, 0.6) is 0 Å². The van der Waals surface area contributed by atoms with Crippen molar-refractivity contribution >= 4 is 7.82 Å². The van der Waals surface area contributed by atoms with Gasteiger partial charge < -0.3 is 0 Å². The van der Waals surface area contributed by atoms with Crippen LogP contribution in [0.4, 0.5) is 0 Å². The molecule has 0 unspecified atom stereocenters. The topological polar surface area (TPSA) is 598 Å². The first kappa shape index (κ1) is 60.2. The Morgan fingerprint density at radius 3 is 0.537 bits per heavy atom. The van der Waals surface area contributed by atoms with Gasteiger partial charge in [0.25, 0.3) is 0 Å². The minimum Gasteiger partial charge on any atom is 1.00 e. The molecule has 0 aromatic rings. The molecule has 0 radical (unpaired) electrons. The van der Waals surface area contributed by atoms with Crippen LogP contribution in [0.15, 0.2) is 0 Å².